The third kappa shape index (κ3) is 4.06. The van der Waals surface area contributed by atoms with Crippen molar-refractivity contribution in [3.8, 4) is 0 Å². The van der Waals surface area contributed by atoms with Gasteiger partial charge in [0.1, 0.15) is 18.0 Å². The van der Waals surface area contributed by atoms with E-state index in [4.69, 9.17) is 9.72 Å². The van der Waals surface area contributed by atoms with E-state index in [-0.39, 0.29) is 35.5 Å². The van der Waals surface area contributed by atoms with Crippen molar-refractivity contribution in [2.45, 2.75) is 56.8 Å². The topological polar surface area (TPSA) is 76.4 Å². The van der Waals surface area contributed by atoms with Gasteiger partial charge in [-0.3, -0.25) is 14.6 Å². The van der Waals surface area contributed by atoms with Crippen LogP contribution in [0, 0.1) is 11.7 Å². The molecule has 0 spiro atoms. The Kier molecular flexibility index (Phi) is 5.78. The minimum absolute atomic E-state index is 0.119. The van der Waals surface area contributed by atoms with E-state index in [1.807, 2.05) is 25.1 Å². The van der Waals surface area contributed by atoms with Crippen LogP contribution in [0.25, 0.3) is 10.8 Å². The van der Waals surface area contributed by atoms with Gasteiger partial charge < -0.3 is 9.30 Å². The fourth-order valence-corrected chi connectivity index (χ4v) is 6.78. The number of amides is 1. The number of nitrogens with zero attached hydrogens (tertiary/aromatic N) is 6. The smallest absolute Gasteiger partial charge is 0.264 e. The molecular formula is C32H32F2N6O2. The Balaban J connectivity index is 1.24. The molecule has 1 amide bonds. The maximum atomic E-state index is 17.3. The lowest BCUT2D eigenvalue weighted by Gasteiger charge is -2.31. The quantitative estimate of drug-likeness (QED) is 0.292. The average molecular weight is 571 g/mol. The van der Waals surface area contributed by atoms with Crippen LogP contribution in [0.4, 0.5) is 20.3 Å². The number of rotatable bonds is 7. The van der Waals surface area contributed by atoms with Crippen LogP contribution in [-0.2, 0) is 24.0 Å². The zero-order valence-corrected chi connectivity index (χ0v) is 23.7. The summed E-state index contributed by atoms with van der Waals surface area (Å²) < 4.78 is 39.9. The highest BCUT2D eigenvalue weighted by atomic mass is 19.1. The molecule has 1 unspecified atom stereocenters. The van der Waals surface area contributed by atoms with Gasteiger partial charge in [-0.15, -0.1) is 10.2 Å². The van der Waals surface area contributed by atoms with Crippen LogP contribution in [0.15, 0.2) is 42.7 Å². The van der Waals surface area contributed by atoms with Crippen molar-refractivity contribution in [1.82, 2.24) is 24.6 Å². The Bertz CT molecular complexity index is 1750. The number of hydrogen-bond donors (Lipinski definition) is 0. The number of anilines is 2. The number of aryl methyl sites for hydroxylation is 1. The Labute approximate surface area is 242 Å². The summed E-state index contributed by atoms with van der Waals surface area (Å²) in [5.41, 5.74) is 1.24. The van der Waals surface area contributed by atoms with Crippen LogP contribution in [0.1, 0.15) is 71.5 Å². The van der Waals surface area contributed by atoms with Crippen molar-refractivity contribution in [1.29, 1.82) is 0 Å². The highest BCUT2D eigenvalue weighted by Crippen LogP contribution is 2.54. The van der Waals surface area contributed by atoms with E-state index < -0.39 is 5.67 Å². The molecule has 42 heavy (non-hydrogen) atoms. The summed E-state index contributed by atoms with van der Waals surface area (Å²) >= 11 is 0. The first-order valence-electron chi connectivity index (χ1n) is 14.8. The summed E-state index contributed by atoms with van der Waals surface area (Å²) in [7, 11) is 1.75. The molecule has 216 valence electrons. The van der Waals surface area contributed by atoms with Gasteiger partial charge in [-0.1, -0.05) is 0 Å². The van der Waals surface area contributed by atoms with Crippen molar-refractivity contribution in [2.75, 3.05) is 24.6 Å². The molecule has 8 rings (SSSR count). The van der Waals surface area contributed by atoms with E-state index in [0.717, 1.165) is 50.0 Å². The predicted molar refractivity (Wildman–Crippen MR) is 153 cm³/mol. The number of carbonyl (C=O) groups is 1. The lowest BCUT2D eigenvalue weighted by atomic mass is 9.89. The molecule has 0 radical (unpaired) electrons. The maximum absolute atomic E-state index is 17.3. The molecule has 4 aliphatic rings. The summed E-state index contributed by atoms with van der Waals surface area (Å²) in [5.74, 6) is -0.0394. The van der Waals surface area contributed by atoms with Crippen LogP contribution in [-0.4, -0.2) is 56.4 Å². The van der Waals surface area contributed by atoms with Crippen LogP contribution >= 0.6 is 0 Å². The Morgan fingerprint density at radius 2 is 1.95 bits per heavy atom. The molecule has 0 N–H and O–H groups in total. The van der Waals surface area contributed by atoms with E-state index in [0.29, 0.717) is 46.6 Å². The molecule has 2 aromatic carbocycles. The number of hydrogen-bond acceptors (Lipinski definition) is 6. The summed E-state index contributed by atoms with van der Waals surface area (Å²) in [6.45, 7) is 4.82. The summed E-state index contributed by atoms with van der Waals surface area (Å²) in [6, 6.07) is 10.3. The third-order valence-corrected chi connectivity index (χ3v) is 9.16. The number of aromatic nitrogens is 4. The number of ether oxygens (including phenoxy) is 1. The normalized spacial score (nSPS) is 22.2. The van der Waals surface area contributed by atoms with Gasteiger partial charge >= 0.3 is 0 Å². The molecule has 3 fully saturated rings. The van der Waals surface area contributed by atoms with Crippen molar-refractivity contribution < 1.29 is 18.3 Å². The predicted octanol–water partition coefficient (Wildman–Crippen LogP) is 5.52. The number of pyridine rings is 1. The fraction of sp³-hybridized carbons (Fsp3) is 0.438. The maximum Gasteiger partial charge on any atom is 0.264 e. The lowest BCUT2D eigenvalue weighted by molar-refractivity contribution is -0.0212. The molecule has 2 aliphatic carbocycles. The minimum Gasteiger partial charge on any atom is -0.376 e. The van der Waals surface area contributed by atoms with Crippen LogP contribution < -0.4 is 4.90 Å². The minimum atomic E-state index is -1.86. The van der Waals surface area contributed by atoms with Gasteiger partial charge in [0.05, 0.1) is 24.0 Å². The number of halogens is 2. The molecule has 2 saturated carbocycles. The molecular weight excluding hydrogens is 538 g/mol. The highest BCUT2D eigenvalue weighted by Gasteiger charge is 2.52. The van der Waals surface area contributed by atoms with Crippen LogP contribution in [0.5, 0.6) is 0 Å². The van der Waals surface area contributed by atoms with Gasteiger partial charge in [0.25, 0.3) is 5.91 Å². The molecule has 0 bridgehead atoms. The Morgan fingerprint density at radius 1 is 1.12 bits per heavy atom. The number of alkyl halides is 1. The second kappa shape index (κ2) is 9.37. The van der Waals surface area contributed by atoms with Gasteiger partial charge in [-0.25, -0.2) is 13.8 Å². The molecule has 8 nitrogen and oxygen atoms in total. The molecule has 2 aliphatic heterocycles. The van der Waals surface area contributed by atoms with Gasteiger partial charge in [0, 0.05) is 60.5 Å². The fourth-order valence-electron chi connectivity index (χ4n) is 6.78. The van der Waals surface area contributed by atoms with Crippen molar-refractivity contribution in [3.63, 3.8) is 0 Å². The molecule has 10 heteroatoms. The number of morpholine rings is 1. The Hall–Kier alpha value is -3.76. The molecule has 1 saturated heterocycles. The summed E-state index contributed by atoms with van der Waals surface area (Å²) in [6.07, 6.45) is 5.07. The van der Waals surface area contributed by atoms with Gasteiger partial charge in [-0.2, -0.15) is 0 Å². The van der Waals surface area contributed by atoms with E-state index in [1.165, 1.54) is 17.3 Å². The second-order valence-corrected chi connectivity index (χ2v) is 12.4. The van der Waals surface area contributed by atoms with Gasteiger partial charge in [-0.05, 0) is 74.6 Å². The van der Waals surface area contributed by atoms with Crippen molar-refractivity contribution >= 4 is 28.2 Å². The highest BCUT2D eigenvalue weighted by molar-refractivity contribution is 6.27. The van der Waals surface area contributed by atoms with E-state index >= 15 is 8.78 Å². The monoisotopic (exact) mass is 570 g/mol. The van der Waals surface area contributed by atoms with Crippen LogP contribution in [0.3, 0.4) is 0 Å². The number of benzene rings is 2. The first kappa shape index (κ1) is 25.9. The lowest BCUT2D eigenvalue weighted by Crippen LogP contribution is -2.40. The molecule has 2 atom stereocenters. The molecule has 4 aromatic rings. The van der Waals surface area contributed by atoms with E-state index in [1.54, 1.807) is 23.7 Å². The zero-order chi connectivity index (χ0) is 28.7. The third-order valence-electron chi connectivity index (χ3n) is 9.16. The molecule has 2 aromatic heterocycles. The van der Waals surface area contributed by atoms with Crippen molar-refractivity contribution in [3.05, 3.63) is 76.8 Å². The van der Waals surface area contributed by atoms with Crippen LogP contribution in [0.2, 0.25) is 0 Å². The van der Waals surface area contributed by atoms with Gasteiger partial charge in [0.2, 0.25) is 0 Å². The standard InChI is InChI=1S/C32H32F2N6O2/c1-18-15-39(9-10-42-18)16-19-11-23-25(33)7-8-27-29(23)24(12-19)30(41)40(27)28-14-22(13-26(36-28)20-3-4-20)32(34,21-5-6-21)31-37-35-17-38(31)2/h7-8,11-14,17-18,20-21H,3-6,9-10,15-16H2,1-2H3/t18-,32?/m1/s1. The van der Waals surface area contributed by atoms with Gasteiger partial charge in [0.15, 0.2) is 11.5 Å². The molecule has 4 heterocycles. The Morgan fingerprint density at radius 3 is 2.67 bits per heavy atom. The van der Waals surface area contributed by atoms with E-state index in [9.17, 15) is 4.79 Å². The number of carbonyl (C=O) groups excluding carboxylic acids is 1. The first-order chi connectivity index (χ1) is 20.3. The summed E-state index contributed by atoms with van der Waals surface area (Å²) in [4.78, 5) is 22.9. The first-order valence-corrected chi connectivity index (χ1v) is 14.8. The second-order valence-electron chi connectivity index (χ2n) is 12.4. The zero-order valence-electron chi connectivity index (χ0n) is 23.7. The summed E-state index contributed by atoms with van der Waals surface area (Å²) in [5, 5.41) is 9.13. The SMILES string of the molecule is C[C@@H]1CN(Cc2cc3c4c(ccc(F)c4c2)N(c2cc(C(F)(c4nncn4C)C4CC4)cc(C4CC4)n2)C3=O)CCO1. The average Bonchev–Trinajstić information content (AvgIpc) is 3.91. The largest absolute Gasteiger partial charge is 0.376 e. The van der Waals surface area contributed by atoms with Crippen molar-refractivity contribution in [2.24, 2.45) is 13.0 Å². The van der Waals surface area contributed by atoms with E-state index in [2.05, 4.69) is 15.1 Å².